The van der Waals surface area contributed by atoms with Crippen LogP contribution in [0.4, 0.5) is 5.69 Å². The van der Waals surface area contributed by atoms with Crippen LogP contribution in [-0.4, -0.2) is 16.0 Å². The Bertz CT molecular complexity index is 1360. The number of anilines is 1. The Balaban J connectivity index is 1.42. The van der Waals surface area contributed by atoms with E-state index in [1.807, 2.05) is 42.5 Å². The van der Waals surface area contributed by atoms with Gasteiger partial charge in [0.1, 0.15) is 5.52 Å². The van der Waals surface area contributed by atoms with Gasteiger partial charge in [-0.25, -0.2) is 4.98 Å². The highest BCUT2D eigenvalue weighted by molar-refractivity contribution is 7.80. The van der Waals surface area contributed by atoms with E-state index in [4.69, 9.17) is 28.2 Å². The first-order chi connectivity index (χ1) is 16.4. The van der Waals surface area contributed by atoms with Gasteiger partial charge in [0.25, 0.3) is 0 Å². The summed E-state index contributed by atoms with van der Waals surface area (Å²) in [4.78, 5) is 16.9. The summed E-state index contributed by atoms with van der Waals surface area (Å²) < 4.78 is 5.97. The molecule has 0 radical (unpaired) electrons. The fraction of sp³-hybridized carbons (Fsp3) is 0.148. The Morgan fingerprint density at radius 2 is 1.94 bits per heavy atom. The molecule has 1 amide bonds. The number of hydrogen-bond acceptors (Lipinski definition) is 4. The second kappa shape index (κ2) is 10.6. The molecule has 0 aliphatic heterocycles. The minimum absolute atomic E-state index is 0.193. The number of thiocarbonyl (C=S) groups is 1. The number of aromatic nitrogens is 1. The van der Waals surface area contributed by atoms with Crippen molar-refractivity contribution >= 4 is 57.7 Å². The van der Waals surface area contributed by atoms with E-state index in [2.05, 4.69) is 41.6 Å². The molecule has 0 unspecified atom stereocenters. The number of fused-ring (bicyclic) bond motifs is 1. The first-order valence-electron chi connectivity index (χ1n) is 11.0. The summed E-state index contributed by atoms with van der Waals surface area (Å²) in [6.45, 7) is 4.37. The zero-order valence-electron chi connectivity index (χ0n) is 18.8. The van der Waals surface area contributed by atoms with Gasteiger partial charge < -0.3 is 9.73 Å². The molecule has 172 valence electrons. The smallest absolute Gasteiger partial charge is 0.250 e. The van der Waals surface area contributed by atoms with E-state index < -0.39 is 0 Å². The van der Waals surface area contributed by atoms with Crippen molar-refractivity contribution in [3.63, 3.8) is 0 Å². The number of nitrogens with one attached hydrogen (secondary N) is 2. The van der Waals surface area contributed by atoms with Gasteiger partial charge in [0, 0.05) is 22.3 Å². The predicted octanol–water partition coefficient (Wildman–Crippen LogP) is 7.19. The molecule has 0 fully saturated rings. The summed E-state index contributed by atoms with van der Waals surface area (Å²) in [5.74, 6) is 0.662. The lowest BCUT2D eigenvalue weighted by Crippen LogP contribution is -2.32. The molecule has 0 saturated heterocycles. The van der Waals surface area contributed by atoms with Crippen LogP contribution in [0.3, 0.4) is 0 Å². The molecule has 1 atom stereocenters. The fourth-order valence-electron chi connectivity index (χ4n) is 3.40. The zero-order valence-corrected chi connectivity index (χ0v) is 20.4. The Morgan fingerprint density at radius 1 is 1.15 bits per heavy atom. The van der Waals surface area contributed by atoms with E-state index in [0.29, 0.717) is 22.5 Å². The molecule has 1 aromatic heterocycles. The third kappa shape index (κ3) is 5.90. The normalized spacial score (nSPS) is 12.1. The number of oxazole rings is 1. The molecule has 0 aliphatic rings. The van der Waals surface area contributed by atoms with Crippen molar-refractivity contribution in [1.29, 1.82) is 0 Å². The second-order valence-electron chi connectivity index (χ2n) is 7.96. The van der Waals surface area contributed by atoms with Gasteiger partial charge >= 0.3 is 0 Å². The van der Waals surface area contributed by atoms with Crippen LogP contribution in [0.15, 0.2) is 77.2 Å². The van der Waals surface area contributed by atoms with Gasteiger partial charge in [-0.15, -0.1) is 0 Å². The van der Waals surface area contributed by atoms with Gasteiger partial charge in [-0.2, -0.15) is 0 Å². The first kappa shape index (κ1) is 23.7. The zero-order chi connectivity index (χ0) is 24.1. The monoisotopic (exact) mass is 489 g/mol. The van der Waals surface area contributed by atoms with Crippen LogP contribution < -0.4 is 10.6 Å². The average Bonchev–Trinajstić information content (AvgIpc) is 3.27. The van der Waals surface area contributed by atoms with Crippen molar-refractivity contribution in [3.05, 3.63) is 89.0 Å². The van der Waals surface area contributed by atoms with E-state index in [0.717, 1.165) is 28.6 Å². The van der Waals surface area contributed by atoms with Crippen LogP contribution in [-0.2, 0) is 4.79 Å². The Hall–Kier alpha value is -3.48. The maximum absolute atomic E-state index is 12.2. The molecule has 0 saturated carbocycles. The lowest BCUT2D eigenvalue weighted by atomic mass is 9.98. The van der Waals surface area contributed by atoms with Crippen LogP contribution in [0.25, 0.3) is 28.6 Å². The Kier molecular flexibility index (Phi) is 7.40. The quantitative estimate of drug-likeness (QED) is 0.221. The molecule has 0 spiro atoms. The van der Waals surface area contributed by atoms with Gasteiger partial charge in [-0.1, -0.05) is 49.7 Å². The molecule has 5 nitrogen and oxygen atoms in total. The summed E-state index contributed by atoms with van der Waals surface area (Å²) in [5, 5.41) is 6.51. The number of hydrogen-bond donors (Lipinski definition) is 2. The summed E-state index contributed by atoms with van der Waals surface area (Å²) >= 11 is 11.2. The van der Waals surface area contributed by atoms with Crippen LogP contribution in [0, 0.1) is 0 Å². The predicted molar refractivity (Wildman–Crippen MR) is 143 cm³/mol. The van der Waals surface area contributed by atoms with Gasteiger partial charge in [-0.3, -0.25) is 10.1 Å². The average molecular weight is 490 g/mol. The highest BCUT2D eigenvalue weighted by atomic mass is 35.5. The van der Waals surface area contributed by atoms with Crippen molar-refractivity contribution in [2.75, 3.05) is 5.32 Å². The number of halogens is 1. The molecule has 4 aromatic rings. The number of carbonyl (C=O) groups excluding carboxylic acids is 1. The van der Waals surface area contributed by atoms with Crippen LogP contribution in [0.2, 0.25) is 5.02 Å². The third-order valence-electron chi connectivity index (χ3n) is 5.49. The standard InChI is InChI=1S/C27H24ClN3O2S/c1-3-17(2)19-10-13-24-23(16-19)30-26(33-24)20-5-4-6-22(15-20)29-27(34)31-25(32)14-9-18-7-11-21(28)12-8-18/h4-17H,3H2,1-2H3,(H2,29,31,32,34)/b14-9+/t17-/m0/s1. The maximum atomic E-state index is 12.2. The van der Waals surface area contributed by atoms with Crippen molar-refractivity contribution in [3.8, 4) is 11.5 Å². The van der Waals surface area contributed by atoms with Crippen molar-refractivity contribution in [2.24, 2.45) is 0 Å². The van der Waals surface area contributed by atoms with Crippen molar-refractivity contribution in [1.82, 2.24) is 10.3 Å². The lowest BCUT2D eigenvalue weighted by molar-refractivity contribution is -0.115. The minimum Gasteiger partial charge on any atom is -0.436 e. The van der Waals surface area contributed by atoms with Crippen molar-refractivity contribution in [2.45, 2.75) is 26.2 Å². The largest absolute Gasteiger partial charge is 0.436 e. The minimum atomic E-state index is -0.334. The van der Waals surface area contributed by atoms with Crippen LogP contribution >= 0.6 is 23.8 Å². The highest BCUT2D eigenvalue weighted by Crippen LogP contribution is 2.29. The van der Waals surface area contributed by atoms with Gasteiger partial charge in [0.2, 0.25) is 11.8 Å². The fourth-order valence-corrected chi connectivity index (χ4v) is 3.75. The Labute approximate surface area is 208 Å². The van der Waals surface area contributed by atoms with Crippen LogP contribution in [0.1, 0.15) is 37.3 Å². The number of benzene rings is 3. The van der Waals surface area contributed by atoms with E-state index in [9.17, 15) is 4.79 Å². The van der Waals surface area contributed by atoms with E-state index >= 15 is 0 Å². The Morgan fingerprint density at radius 3 is 2.71 bits per heavy atom. The highest BCUT2D eigenvalue weighted by Gasteiger charge is 2.12. The molecule has 0 aliphatic carbocycles. The number of carbonyl (C=O) groups is 1. The third-order valence-corrected chi connectivity index (χ3v) is 5.95. The molecule has 2 N–H and O–H groups in total. The lowest BCUT2D eigenvalue weighted by Gasteiger charge is -2.09. The summed E-state index contributed by atoms with van der Waals surface area (Å²) in [6, 6.07) is 20.8. The van der Waals surface area contributed by atoms with Gasteiger partial charge in [-0.05, 0) is 84.2 Å². The van der Waals surface area contributed by atoms with Gasteiger partial charge in [0.15, 0.2) is 10.7 Å². The molecular weight excluding hydrogens is 466 g/mol. The molecule has 4 rings (SSSR count). The number of amides is 1. The maximum Gasteiger partial charge on any atom is 0.250 e. The summed E-state index contributed by atoms with van der Waals surface area (Å²) in [6.07, 6.45) is 4.17. The molecule has 7 heteroatoms. The second-order valence-corrected chi connectivity index (χ2v) is 8.81. The SMILES string of the molecule is CC[C@H](C)c1ccc2oc(-c3cccc(NC(=S)NC(=O)/C=C/c4ccc(Cl)cc4)c3)nc2c1. The summed E-state index contributed by atoms with van der Waals surface area (Å²) in [5.41, 5.74) is 5.21. The topological polar surface area (TPSA) is 67.2 Å². The van der Waals surface area contributed by atoms with Crippen molar-refractivity contribution < 1.29 is 9.21 Å². The number of nitrogens with zero attached hydrogens (tertiary/aromatic N) is 1. The first-order valence-corrected chi connectivity index (χ1v) is 11.8. The molecule has 34 heavy (non-hydrogen) atoms. The number of rotatable bonds is 6. The van der Waals surface area contributed by atoms with Gasteiger partial charge in [0.05, 0.1) is 0 Å². The molecule has 1 heterocycles. The van der Waals surface area contributed by atoms with E-state index in [1.165, 1.54) is 11.6 Å². The molecule has 0 bridgehead atoms. The molecular formula is C27H24ClN3O2S. The van der Waals surface area contributed by atoms with E-state index in [1.54, 1.807) is 18.2 Å². The molecule has 3 aromatic carbocycles. The van der Waals surface area contributed by atoms with Crippen LogP contribution in [0.5, 0.6) is 0 Å². The van der Waals surface area contributed by atoms with E-state index in [-0.39, 0.29) is 11.0 Å². The summed E-state index contributed by atoms with van der Waals surface area (Å²) in [7, 11) is 0.